The van der Waals surface area contributed by atoms with Gasteiger partial charge in [0.1, 0.15) is 5.82 Å². The lowest BCUT2D eigenvalue weighted by molar-refractivity contribution is -0.119. The van der Waals surface area contributed by atoms with Gasteiger partial charge in [0.15, 0.2) is 5.16 Å². The Hall–Kier alpha value is -1.08. The maximum atomic E-state index is 11.6. The smallest absolute Gasteiger partial charge is 0.230 e. The second-order valence-corrected chi connectivity index (χ2v) is 5.21. The van der Waals surface area contributed by atoms with Crippen molar-refractivity contribution < 1.29 is 4.79 Å². The molecule has 102 valence electrons. The van der Waals surface area contributed by atoms with E-state index in [1.165, 1.54) is 11.8 Å². The zero-order valence-electron chi connectivity index (χ0n) is 11.1. The van der Waals surface area contributed by atoms with Gasteiger partial charge in [0.25, 0.3) is 0 Å². The minimum Gasteiger partial charge on any atom is -0.353 e. The maximum absolute atomic E-state index is 11.6. The van der Waals surface area contributed by atoms with Crippen LogP contribution in [-0.2, 0) is 17.9 Å². The molecule has 0 saturated heterocycles. The van der Waals surface area contributed by atoms with Gasteiger partial charge in [-0.1, -0.05) is 18.7 Å². The predicted octanol–water partition coefficient (Wildman–Crippen LogP) is 0.764. The molecule has 3 N–H and O–H groups in total. The molecule has 1 aromatic rings. The highest BCUT2D eigenvalue weighted by atomic mass is 32.2. The van der Waals surface area contributed by atoms with E-state index in [0.29, 0.717) is 12.3 Å². The van der Waals surface area contributed by atoms with Gasteiger partial charge >= 0.3 is 0 Å². The molecule has 0 saturated carbocycles. The molecule has 6 nitrogen and oxygen atoms in total. The molecule has 18 heavy (non-hydrogen) atoms. The lowest BCUT2D eigenvalue weighted by atomic mass is 10.4. The minimum atomic E-state index is 0.00958. The van der Waals surface area contributed by atoms with Crippen molar-refractivity contribution >= 4 is 17.7 Å². The van der Waals surface area contributed by atoms with Crippen LogP contribution in [0.3, 0.4) is 0 Å². The summed E-state index contributed by atoms with van der Waals surface area (Å²) in [5.74, 6) is 1.13. The van der Waals surface area contributed by atoms with Gasteiger partial charge in [0.2, 0.25) is 5.91 Å². The Balaban J connectivity index is 2.61. The molecule has 1 aromatic heterocycles. The summed E-state index contributed by atoms with van der Waals surface area (Å²) in [6.07, 6.45) is 0.983. The largest absolute Gasteiger partial charge is 0.353 e. The summed E-state index contributed by atoms with van der Waals surface area (Å²) in [4.78, 5) is 11.6. The van der Waals surface area contributed by atoms with Gasteiger partial charge in [0, 0.05) is 12.6 Å². The first-order chi connectivity index (χ1) is 8.58. The highest BCUT2D eigenvalue weighted by Gasteiger charge is 2.12. The number of nitrogens with zero attached hydrogens (tertiary/aromatic N) is 3. The van der Waals surface area contributed by atoms with E-state index in [0.717, 1.165) is 23.9 Å². The third-order valence-electron chi connectivity index (χ3n) is 2.21. The van der Waals surface area contributed by atoms with E-state index in [2.05, 4.69) is 22.4 Å². The molecule has 0 radical (unpaired) electrons. The van der Waals surface area contributed by atoms with Crippen molar-refractivity contribution in [1.29, 1.82) is 0 Å². The van der Waals surface area contributed by atoms with Crippen molar-refractivity contribution in [3.05, 3.63) is 5.82 Å². The normalized spacial score (nSPS) is 10.9. The van der Waals surface area contributed by atoms with E-state index >= 15 is 0 Å². The fraction of sp³-hybridized carbons (Fsp3) is 0.727. The Morgan fingerprint density at radius 2 is 2.22 bits per heavy atom. The maximum Gasteiger partial charge on any atom is 0.230 e. The van der Waals surface area contributed by atoms with E-state index in [1.807, 2.05) is 18.4 Å². The molecule has 1 heterocycles. The third-order valence-corrected chi connectivity index (χ3v) is 3.17. The first-order valence-electron chi connectivity index (χ1n) is 6.12. The fourth-order valence-corrected chi connectivity index (χ4v) is 2.31. The second kappa shape index (κ2) is 7.38. The summed E-state index contributed by atoms with van der Waals surface area (Å²) >= 11 is 1.40. The molecule has 0 bridgehead atoms. The molecule has 0 aromatic carbocycles. The van der Waals surface area contributed by atoms with E-state index in [9.17, 15) is 4.79 Å². The number of nitrogens with one attached hydrogen (secondary N) is 1. The SMILES string of the molecule is CCCn1c(CN)nnc1SCC(=O)NC(C)C. The molecule has 1 amide bonds. The van der Waals surface area contributed by atoms with Gasteiger partial charge in [-0.3, -0.25) is 4.79 Å². The van der Waals surface area contributed by atoms with Crippen LogP contribution in [0.25, 0.3) is 0 Å². The molecule has 0 aliphatic rings. The average molecular weight is 271 g/mol. The van der Waals surface area contributed by atoms with Crippen LogP contribution in [0.1, 0.15) is 33.0 Å². The Morgan fingerprint density at radius 1 is 1.50 bits per heavy atom. The number of carbonyl (C=O) groups excluding carboxylic acids is 1. The van der Waals surface area contributed by atoms with Crippen LogP contribution < -0.4 is 11.1 Å². The van der Waals surface area contributed by atoms with E-state index in [1.54, 1.807) is 0 Å². The van der Waals surface area contributed by atoms with Crippen LogP contribution in [0.15, 0.2) is 5.16 Å². The summed E-state index contributed by atoms with van der Waals surface area (Å²) in [7, 11) is 0. The van der Waals surface area contributed by atoms with Crippen molar-refractivity contribution in [3.8, 4) is 0 Å². The Kier molecular flexibility index (Phi) is 6.14. The number of nitrogens with two attached hydrogens (primary N) is 1. The highest BCUT2D eigenvalue weighted by Crippen LogP contribution is 2.17. The molecule has 1 rings (SSSR count). The van der Waals surface area contributed by atoms with Crippen LogP contribution in [0.5, 0.6) is 0 Å². The van der Waals surface area contributed by atoms with Crippen LogP contribution in [-0.4, -0.2) is 32.5 Å². The Bertz CT molecular complexity index is 391. The second-order valence-electron chi connectivity index (χ2n) is 4.27. The van der Waals surface area contributed by atoms with Crippen LogP contribution in [0.4, 0.5) is 0 Å². The fourth-order valence-electron chi connectivity index (χ4n) is 1.52. The summed E-state index contributed by atoms with van der Waals surface area (Å²) < 4.78 is 1.98. The number of carbonyl (C=O) groups is 1. The predicted molar refractivity (Wildman–Crippen MR) is 72.2 cm³/mol. The quantitative estimate of drug-likeness (QED) is 0.715. The Labute approximate surface area is 112 Å². The van der Waals surface area contributed by atoms with Gasteiger partial charge in [-0.25, -0.2) is 0 Å². The molecule has 0 aliphatic heterocycles. The van der Waals surface area contributed by atoms with Crippen molar-refractivity contribution in [2.45, 2.75) is 51.5 Å². The van der Waals surface area contributed by atoms with E-state index in [4.69, 9.17) is 5.73 Å². The summed E-state index contributed by atoms with van der Waals surface area (Å²) in [5, 5.41) is 11.7. The van der Waals surface area contributed by atoms with E-state index in [-0.39, 0.29) is 11.9 Å². The number of hydrogen-bond donors (Lipinski definition) is 2. The summed E-state index contributed by atoms with van der Waals surface area (Å²) in [6, 6.07) is 0.159. The lowest BCUT2D eigenvalue weighted by Gasteiger charge is -2.09. The molecular weight excluding hydrogens is 250 g/mol. The third kappa shape index (κ3) is 4.30. The molecule has 7 heteroatoms. The van der Waals surface area contributed by atoms with Crippen LogP contribution in [0.2, 0.25) is 0 Å². The molecule has 0 fully saturated rings. The van der Waals surface area contributed by atoms with Crippen molar-refractivity contribution in [1.82, 2.24) is 20.1 Å². The monoisotopic (exact) mass is 271 g/mol. The number of aromatic nitrogens is 3. The molecule has 0 aliphatic carbocycles. The lowest BCUT2D eigenvalue weighted by Crippen LogP contribution is -2.31. The number of rotatable bonds is 7. The number of hydrogen-bond acceptors (Lipinski definition) is 5. The van der Waals surface area contributed by atoms with Crippen LogP contribution >= 0.6 is 11.8 Å². The zero-order valence-corrected chi connectivity index (χ0v) is 12.0. The summed E-state index contributed by atoms with van der Waals surface area (Å²) in [6.45, 7) is 7.16. The van der Waals surface area contributed by atoms with Gasteiger partial charge in [-0.2, -0.15) is 0 Å². The highest BCUT2D eigenvalue weighted by molar-refractivity contribution is 7.99. The van der Waals surface area contributed by atoms with Crippen molar-refractivity contribution in [2.24, 2.45) is 5.73 Å². The molecule has 0 atom stereocenters. The summed E-state index contributed by atoms with van der Waals surface area (Å²) in [5.41, 5.74) is 5.60. The topological polar surface area (TPSA) is 85.8 Å². The van der Waals surface area contributed by atoms with Gasteiger partial charge < -0.3 is 15.6 Å². The molecule has 0 spiro atoms. The Morgan fingerprint density at radius 3 is 2.78 bits per heavy atom. The first-order valence-corrected chi connectivity index (χ1v) is 7.11. The van der Waals surface area contributed by atoms with Gasteiger partial charge in [0.05, 0.1) is 12.3 Å². The van der Waals surface area contributed by atoms with E-state index < -0.39 is 0 Å². The minimum absolute atomic E-state index is 0.00958. The number of thioether (sulfide) groups is 1. The van der Waals surface area contributed by atoms with Crippen LogP contribution in [0, 0.1) is 0 Å². The van der Waals surface area contributed by atoms with Crippen molar-refractivity contribution in [3.63, 3.8) is 0 Å². The first kappa shape index (κ1) is 15.0. The number of amides is 1. The molecule has 0 unspecified atom stereocenters. The van der Waals surface area contributed by atoms with Gasteiger partial charge in [-0.05, 0) is 20.3 Å². The van der Waals surface area contributed by atoms with Gasteiger partial charge in [-0.15, -0.1) is 10.2 Å². The van der Waals surface area contributed by atoms with Crippen molar-refractivity contribution in [2.75, 3.05) is 5.75 Å². The zero-order chi connectivity index (χ0) is 13.5. The standard InChI is InChI=1S/C11H21N5OS/c1-4-5-16-9(6-12)14-15-11(16)18-7-10(17)13-8(2)3/h8H,4-7,12H2,1-3H3,(H,13,17). The average Bonchev–Trinajstić information content (AvgIpc) is 2.68. The molecular formula is C11H21N5OS.